The second-order valence-corrected chi connectivity index (χ2v) is 9.52. The lowest BCUT2D eigenvalue weighted by Crippen LogP contribution is -2.56. The van der Waals surface area contributed by atoms with Gasteiger partial charge in [0.15, 0.2) is 0 Å². The highest BCUT2D eigenvalue weighted by Crippen LogP contribution is 2.68. The number of allylic oxidation sites excluding steroid dienone is 2. The maximum Gasteiger partial charge on any atom is 0.130 e. The van der Waals surface area contributed by atoms with Crippen LogP contribution in [0.25, 0.3) is 0 Å². The van der Waals surface area contributed by atoms with Crippen LogP contribution in [0.4, 0.5) is 0 Å². The Labute approximate surface area is 140 Å². The normalized spacial score (nSPS) is 55.4. The van der Waals surface area contributed by atoms with Gasteiger partial charge in [-0.05, 0) is 87.4 Å². The molecule has 0 aromatic heterocycles. The Balaban J connectivity index is 1.77. The number of carbonyl (C=O) groups excluding carboxylic acids is 1. The summed E-state index contributed by atoms with van der Waals surface area (Å²) in [6, 6.07) is 0. The second kappa shape index (κ2) is 4.94. The van der Waals surface area contributed by atoms with Gasteiger partial charge < -0.3 is 9.90 Å². The zero-order valence-electron chi connectivity index (χ0n) is 15.0. The van der Waals surface area contributed by atoms with Crippen molar-refractivity contribution in [3.8, 4) is 0 Å². The van der Waals surface area contributed by atoms with E-state index in [1.807, 2.05) is 0 Å². The lowest BCUT2D eigenvalue weighted by Gasteiger charge is -2.60. The largest absolute Gasteiger partial charge is 0.390 e. The molecule has 0 aliphatic heterocycles. The Kier molecular flexibility index (Phi) is 3.41. The minimum Gasteiger partial charge on any atom is -0.390 e. The number of fused-ring (bicyclic) bond motifs is 5. The number of hydrogen-bond donors (Lipinski definition) is 1. The molecule has 3 fully saturated rings. The fraction of sp³-hybridized carbons (Fsp3) is 0.857. The molecule has 0 aromatic carbocycles. The topological polar surface area (TPSA) is 37.3 Å². The number of hydrogen-bond acceptors (Lipinski definition) is 2. The Morgan fingerprint density at radius 3 is 2.65 bits per heavy atom. The van der Waals surface area contributed by atoms with Crippen molar-refractivity contribution in [1.82, 2.24) is 0 Å². The quantitative estimate of drug-likeness (QED) is 0.570. The molecular weight excluding hydrogens is 284 g/mol. The van der Waals surface area contributed by atoms with E-state index in [0.29, 0.717) is 23.7 Å². The van der Waals surface area contributed by atoms with Gasteiger partial charge in [-0.15, -0.1) is 0 Å². The molecule has 1 N–H and O–H groups in total. The van der Waals surface area contributed by atoms with Crippen LogP contribution in [0.15, 0.2) is 11.6 Å². The van der Waals surface area contributed by atoms with Crippen LogP contribution in [0.2, 0.25) is 0 Å². The van der Waals surface area contributed by atoms with Crippen LogP contribution >= 0.6 is 0 Å². The van der Waals surface area contributed by atoms with Crippen molar-refractivity contribution in [1.29, 1.82) is 0 Å². The van der Waals surface area contributed by atoms with Crippen molar-refractivity contribution in [3.05, 3.63) is 11.6 Å². The van der Waals surface area contributed by atoms with Gasteiger partial charge in [-0.3, -0.25) is 0 Å². The molecule has 0 bridgehead atoms. The average Bonchev–Trinajstić information content (AvgIpc) is 2.77. The van der Waals surface area contributed by atoms with Crippen molar-refractivity contribution in [3.63, 3.8) is 0 Å². The summed E-state index contributed by atoms with van der Waals surface area (Å²) in [4.78, 5) is 12.3. The summed E-state index contributed by atoms with van der Waals surface area (Å²) in [6.45, 7) is 6.79. The number of carbonyl (C=O) groups is 1. The van der Waals surface area contributed by atoms with Crippen molar-refractivity contribution in [2.24, 2.45) is 34.5 Å². The third-order valence-corrected chi connectivity index (χ3v) is 8.75. The van der Waals surface area contributed by atoms with Crippen LogP contribution in [-0.2, 0) is 4.79 Å². The van der Waals surface area contributed by atoms with E-state index in [1.54, 1.807) is 0 Å². The fourth-order valence-corrected chi connectivity index (χ4v) is 7.26. The minimum atomic E-state index is -0.528. The first-order valence-electron chi connectivity index (χ1n) is 9.74. The third kappa shape index (κ3) is 1.88. The van der Waals surface area contributed by atoms with Gasteiger partial charge in [-0.1, -0.05) is 25.5 Å². The third-order valence-electron chi connectivity index (χ3n) is 8.75. The fourth-order valence-electron chi connectivity index (χ4n) is 7.26. The molecule has 2 heteroatoms. The average molecular weight is 316 g/mol. The smallest absolute Gasteiger partial charge is 0.130 e. The van der Waals surface area contributed by atoms with Crippen LogP contribution in [0, 0.1) is 34.5 Å². The maximum absolute atomic E-state index is 12.3. The van der Waals surface area contributed by atoms with Crippen LogP contribution in [0.1, 0.15) is 72.1 Å². The summed E-state index contributed by atoms with van der Waals surface area (Å²) in [7, 11) is 0. The molecular formula is C21H32O2. The SMILES string of the molecule is CC1CC2=CCCC[C@]2(C=O)[C@H]2CC[C@@]3(C)[C@@H](CC[C@]3(C)O)[C@H]12. The van der Waals surface area contributed by atoms with E-state index in [1.165, 1.54) is 18.3 Å². The first-order valence-corrected chi connectivity index (χ1v) is 9.74. The summed E-state index contributed by atoms with van der Waals surface area (Å²) in [6.07, 6.45) is 12.5. The van der Waals surface area contributed by atoms with Gasteiger partial charge in [-0.25, -0.2) is 0 Å². The predicted octanol–water partition coefficient (Wildman–Crippen LogP) is 4.52. The predicted molar refractivity (Wildman–Crippen MR) is 91.9 cm³/mol. The highest BCUT2D eigenvalue weighted by Gasteiger charge is 2.64. The van der Waals surface area contributed by atoms with E-state index in [4.69, 9.17) is 0 Å². The van der Waals surface area contributed by atoms with Crippen molar-refractivity contribution in [2.75, 3.05) is 0 Å². The molecule has 23 heavy (non-hydrogen) atoms. The van der Waals surface area contributed by atoms with Crippen molar-refractivity contribution in [2.45, 2.75) is 77.7 Å². The molecule has 0 radical (unpaired) electrons. The van der Waals surface area contributed by atoms with E-state index >= 15 is 0 Å². The van der Waals surface area contributed by atoms with Gasteiger partial charge in [0.05, 0.1) is 5.60 Å². The van der Waals surface area contributed by atoms with Gasteiger partial charge in [-0.2, -0.15) is 0 Å². The van der Waals surface area contributed by atoms with Gasteiger partial charge in [0, 0.05) is 5.41 Å². The molecule has 1 unspecified atom stereocenters. The van der Waals surface area contributed by atoms with Gasteiger partial charge >= 0.3 is 0 Å². The first kappa shape index (κ1) is 15.9. The molecule has 128 valence electrons. The zero-order chi connectivity index (χ0) is 16.5. The van der Waals surface area contributed by atoms with Crippen molar-refractivity contribution >= 4 is 6.29 Å². The number of aliphatic hydroxyl groups is 1. The van der Waals surface area contributed by atoms with E-state index in [-0.39, 0.29) is 10.8 Å². The first-order chi connectivity index (χ1) is 10.9. The zero-order valence-corrected chi connectivity index (χ0v) is 15.0. The van der Waals surface area contributed by atoms with E-state index < -0.39 is 5.60 Å². The molecule has 0 spiro atoms. The van der Waals surface area contributed by atoms with Gasteiger partial charge in [0.1, 0.15) is 6.29 Å². The molecule has 0 amide bonds. The van der Waals surface area contributed by atoms with E-state index in [2.05, 4.69) is 26.8 Å². The molecule has 0 saturated heterocycles. The number of rotatable bonds is 1. The molecule has 7 atom stereocenters. The lowest BCUT2D eigenvalue weighted by molar-refractivity contribution is -0.143. The number of aldehydes is 1. The summed E-state index contributed by atoms with van der Waals surface area (Å²) in [5.74, 6) is 2.37. The van der Waals surface area contributed by atoms with E-state index in [9.17, 15) is 9.90 Å². The van der Waals surface area contributed by atoms with E-state index in [0.717, 1.165) is 44.9 Å². The molecule has 4 aliphatic rings. The molecule has 0 heterocycles. The Bertz CT molecular complexity index is 548. The Morgan fingerprint density at radius 2 is 1.91 bits per heavy atom. The van der Waals surface area contributed by atoms with Crippen molar-refractivity contribution < 1.29 is 9.90 Å². The molecule has 2 nitrogen and oxygen atoms in total. The van der Waals surface area contributed by atoms with Crippen LogP contribution in [0.5, 0.6) is 0 Å². The van der Waals surface area contributed by atoms with Crippen LogP contribution < -0.4 is 0 Å². The standard InChI is InChI=1S/C21H32O2/c1-14-12-15-6-4-5-9-21(15,13-22)17-7-10-19(2)16(18(14)17)8-11-20(19,3)23/h6,13-14,16-18,23H,4-5,7-12H2,1-3H3/t14?,16-,17-,18-,19-,20-,21+/m0/s1. The molecule has 4 aliphatic carbocycles. The molecule has 4 rings (SSSR count). The molecule has 3 saturated carbocycles. The van der Waals surface area contributed by atoms with Crippen LogP contribution in [-0.4, -0.2) is 17.0 Å². The molecule has 0 aromatic rings. The summed E-state index contributed by atoms with van der Waals surface area (Å²) in [5, 5.41) is 11.0. The monoisotopic (exact) mass is 316 g/mol. The summed E-state index contributed by atoms with van der Waals surface area (Å²) in [5.41, 5.74) is 0.813. The summed E-state index contributed by atoms with van der Waals surface area (Å²) < 4.78 is 0. The Hall–Kier alpha value is -0.630. The summed E-state index contributed by atoms with van der Waals surface area (Å²) >= 11 is 0. The lowest BCUT2D eigenvalue weighted by atomic mass is 9.44. The highest BCUT2D eigenvalue weighted by atomic mass is 16.3. The van der Waals surface area contributed by atoms with Gasteiger partial charge in [0.2, 0.25) is 0 Å². The highest BCUT2D eigenvalue weighted by molar-refractivity contribution is 5.67. The Morgan fingerprint density at radius 1 is 1.17 bits per heavy atom. The minimum absolute atomic E-state index is 0.0440. The maximum atomic E-state index is 12.3. The second-order valence-electron chi connectivity index (χ2n) is 9.52. The van der Waals surface area contributed by atoms with Gasteiger partial charge in [0.25, 0.3) is 0 Å². The van der Waals surface area contributed by atoms with Crippen LogP contribution in [0.3, 0.4) is 0 Å².